The third-order valence-corrected chi connectivity index (χ3v) is 5.77. The van der Waals surface area contributed by atoms with E-state index in [4.69, 9.17) is 9.47 Å². The van der Waals surface area contributed by atoms with Gasteiger partial charge in [-0.25, -0.2) is 4.39 Å². The van der Waals surface area contributed by atoms with Gasteiger partial charge >= 0.3 is 0 Å². The van der Waals surface area contributed by atoms with Crippen molar-refractivity contribution >= 4 is 11.6 Å². The highest BCUT2D eigenvalue weighted by molar-refractivity contribution is 6.02. The molecule has 2 aliphatic rings. The van der Waals surface area contributed by atoms with E-state index in [0.717, 1.165) is 29.5 Å². The molecule has 29 heavy (non-hydrogen) atoms. The van der Waals surface area contributed by atoms with Gasteiger partial charge in [-0.2, -0.15) is 0 Å². The third-order valence-electron chi connectivity index (χ3n) is 5.77. The van der Waals surface area contributed by atoms with Crippen LogP contribution in [-0.4, -0.2) is 12.7 Å². The lowest BCUT2D eigenvalue weighted by atomic mass is 9.94. The summed E-state index contributed by atoms with van der Waals surface area (Å²) in [5, 5.41) is 3.03. The zero-order chi connectivity index (χ0) is 20.0. The number of hydrogen-bond acceptors (Lipinski definition) is 3. The zero-order valence-corrected chi connectivity index (χ0v) is 16.0. The van der Waals surface area contributed by atoms with E-state index in [2.05, 4.69) is 5.32 Å². The number of carbonyl (C=O) groups excluding carboxylic acids is 1. The van der Waals surface area contributed by atoms with Gasteiger partial charge in [-0.3, -0.25) is 4.79 Å². The minimum atomic E-state index is -0.552. The molecular formula is C24H20FNO3. The average molecular weight is 389 g/mol. The van der Waals surface area contributed by atoms with Crippen LogP contribution in [-0.2, 0) is 10.2 Å². The number of amides is 1. The van der Waals surface area contributed by atoms with Gasteiger partial charge in [0.2, 0.25) is 12.7 Å². The molecule has 0 spiro atoms. The summed E-state index contributed by atoms with van der Waals surface area (Å²) >= 11 is 0. The van der Waals surface area contributed by atoms with Gasteiger partial charge < -0.3 is 14.8 Å². The first-order valence-electron chi connectivity index (χ1n) is 9.64. The number of ether oxygens (including phenoxy) is 2. The molecule has 5 heteroatoms. The normalized spacial score (nSPS) is 15.8. The van der Waals surface area contributed by atoms with Gasteiger partial charge in [0.05, 0.1) is 5.41 Å². The Morgan fingerprint density at radius 2 is 1.76 bits per heavy atom. The van der Waals surface area contributed by atoms with Crippen molar-refractivity contribution in [3.05, 3.63) is 77.6 Å². The quantitative estimate of drug-likeness (QED) is 0.667. The first-order valence-corrected chi connectivity index (χ1v) is 9.64. The molecule has 4 nitrogen and oxygen atoms in total. The van der Waals surface area contributed by atoms with E-state index in [-0.39, 0.29) is 18.5 Å². The van der Waals surface area contributed by atoms with E-state index in [1.807, 2.05) is 49.4 Å². The number of halogens is 1. The SMILES string of the molecule is Cc1ccc(NC(=O)C2(c3ccc4c(c3)OCO4)CC2)cc1-c1ccccc1F. The predicted octanol–water partition coefficient (Wildman–Crippen LogP) is 5.20. The molecule has 1 amide bonds. The topological polar surface area (TPSA) is 47.6 Å². The first kappa shape index (κ1) is 17.7. The summed E-state index contributed by atoms with van der Waals surface area (Å²) in [6.07, 6.45) is 1.56. The van der Waals surface area contributed by atoms with Crippen LogP contribution < -0.4 is 14.8 Å². The van der Waals surface area contributed by atoms with E-state index >= 15 is 0 Å². The maximum atomic E-state index is 14.3. The molecule has 146 valence electrons. The summed E-state index contributed by atoms with van der Waals surface area (Å²) in [6, 6.07) is 17.9. The monoisotopic (exact) mass is 389 g/mol. The van der Waals surface area contributed by atoms with Gasteiger partial charge in [0.1, 0.15) is 5.82 Å². The number of carbonyl (C=O) groups is 1. The van der Waals surface area contributed by atoms with Crippen molar-refractivity contribution < 1.29 is 18.7 Å². The molecule has 0 bridgehead atoms. The van der Waals surface area contributed by atoms with Crippen molar-refractivity contribution in [1.29, 1.82) is 0 Å². The summed E-state index contributed by atoms with van der Waals surface area (Å²) in [4.78, 5) is 13.1. The Balaban J connectivity index is 1.43. The minimum absolute atomic E-state index is 0.0558. The highest BCUT2D eigenvalue weighted by Crippen LogP contribution is 2.51. The van der Waals surface area contributed by atoms with Crippen molar-refractivity contribution in [2.24, 2.45) is 0 Å². The van der Waals surface area contributed by atoms with Crippen molar-refractivity contribution in [2.45, 2.75) is 25.2 Å². The van der Waals surface area contributed by atoms with Gasteiger partial charge in [0.15, 0.2) is 11.5 Å². The van der Waals surface area contributed by atoms with Crippen LogP contribution >= 0.6 is 0 Å². The second kappa shape index (κ2) is 6.62. The Morgan fingerprint density at radius 3 is 2.55 bits per heavy atom. The summed E-state index contributed by atoms with van der Waals surface area (Å²) in [6.45, 7) is 2.14. The molecule has 5 rings (SSSR count). The lowest BCUT2D eigenvalue weighted by Gasteiger charge is -2.17. The van der Waals surface area contributed by atoms with E-state index in [1.165, 1.54) is 6.07 Å². The lowest BCUT2D eigenvalue weighted by Crippen LogP contribution is -2.27. The Labute approximate surface area is 168 Å². The summed E-state index contributed by atoms with van der Waals surface area (Å²) in [7, 11) is 0. The number of hydrogen-bond donors (Lipinski definition) is 1. The molecule has 1 aliphatic heterocycles. The Hall–Kier alpha value is -3.34. The van der Waals surface area contributed by atoms with Crippen LogP contribution in [0.2, 0.25) is 0 Å². The molecule has 0 aromatic heterocycles. The minimum Gasteiger partial charge on any atom is -0.454 e. The van der Waals surface area contributed by atoms with E-state index in [1.54, 1.807) is 12.1 Å². The van der Waals surface area contributed by atoms with Crippen LogP contribution in [0.15, 0.2) is 60.7 Å². The van der Waals surface area contributed by atoms with Crippen LogP contribution in [0.4, 0.5) is 10.1 Å². The number of rotatable bonds is 4. The maximum Gasteiger partial charge on any atom is 0.235 e. The van der Waals surface area contributed by atoms with Crippen molar-refractivity contribution in [3.8, 4) is 22.6 Å². The van der Waals surface area contributed by atoms with Gasteiger partial charge in [-0.1, -0.05) is 30.3 Å². The highest BCUT2D eigenvalue weighted by atomic mass is 19.1. The Kier molecular flexibility index (Phi) is 4.05. The highest BCUT2D eigenvalue weighted by Gasteiger charge is 2.51. The number of fused-ring (bicyclic) bond motifs is 1. The van der Waals surface area contributed by atoms with Crippen LogP contribution in [0.25, 0.3) is 11.1 Å². The van der Waals surface area contributed by atoms with Gasteiger partial charge in [0.25, 0.3) is 0 Å². The van der Waals surface area contributed by atoms with Crippen molar-refractivity contribution in [2.75, 3.05) is 12.1 Å². The molecule has 1 saturated carbocycles. The summed E-state index contributed by atoms with van der Waals surface area (Å²) in [5.74, 6) is 1.05. The third kappa shape index (κ3) is 3.03. The van der Waals surface area contributed by atoms with Crippen molar-refractivity contribution in [3.63, 3.8) is 0 Å². The molecule has 1 aliphatic carbocycles. The maximum absolute atomic E-state index is 14.3. The Bertz CT molecular complexity index is 1120. The number of anilines is 1. The fourth-order valence-corrected chi connectivity index (χ4v) is 3.89. The second-order valence-electron chi connectivity index (χ2n) is 7.61. The van der Waals surface area contributed by atoms with Gasteiger partial charge in [0, 0.05) is 11.3 Å². The molecule has 1 N–H and O–H groups in total. The van der Waals surface area contributed by atoms with Crippen LogP contribution in [0.5, 0.6) is 11.5 Å². The summed E-state index contributed by atoms with van der Waals surface area (Å²) < 4.78 is 25.1. The predicted molar refractivity (Wildman–Crippen MR) is 109 cm³/mol. The molecule has 3 aromatic carbocycles. The molecule has 0 atom stereocenters. The van der Waals surface area contributed by atoms with Crippen molar-refractivity contribution in [1.82, 2.24) is 0 Å². The van der Waals surface area contributed by atoms with E-state index < -0.39 is 5.41 Å². The molecular weight excluding hydrogens is 369 g/mol. The number of aryl methyl sites for hydroxylation is 1. The average Bonchev–Trinajstić information content (AvgIpc) is 3.41. The molecule has 3 aromatic rings. The van der Waals surface area contributed by atoms with Gasteiger partial charge in [-0.15, -0.1) is 0 Å². The Morgan fingerprint density at radius 1 is 0.966 bits per heavy atom. The molecule has 0 radical (unpaired) electrons. The lowest BCUT2D eigenvalue weighted by molar-refractivity contribution is -0.118. The van der Waals surface area contributed by atoms with Crippen LogP contribution in [0.3, 0.4) is 0 Å². The molecule has 1 heterocycles. The molecule has 0 saturated heterocycles. The smallest absolute Gasteiger partial charge is 0.235 e. The van der Waals surface area contributed by atoms with E-state index in [0.29, 0.717) is 22.7 Å². The van der Waals surface area contributed by atoms with Crippen LogP contribution in [0.1, 0.15) is 24.0 Å². The fraction of sp³-hybridized carbons (Fsp3) is 0.208. The summed E-state index contributed by atoms with van der Waals surface area (Å²) in [5.41, 5.74) is 3.28. The zero-order valence-electron chi connectivity index (χ0n) is 16.0. The van der Waals surface area contributed by atoms with Crippen LogP contribution in [0, 0.1) is 12.7 Å². The molecule has 0 unspecified atom stereocenters. The van der Waals surface area contributed by atoms with Gasteiger partial charge in [-0.05, 0) is 66.8 Å². The fourth-order valence-electron chi connectivity index (χ4n) is 3.89. The number of nitrogens with one attached hydrogen (secondary N) is 1. The van der Waals surface area contributed by atoms with E-state index in [9.17, 15) is 9.18 Å². The largest absolute Gasteiger partial charge is 0.454 e. The molecule has 1 fully saturated rings. The second-order valence-corrected chi connectivity index (χ2v) is 7.61. The standard InChI is InChI=1S/C24H20FNO3/c1-15-6-8-17(13-19(15)18-4-2-3-5-20(18)25)26-23(27)24(10-11-24)16-7-9-21-22(12-16)29-14-28-21/h2-9,12-13H,10-11,14H2,1H3,(H,26,27). The number of benzene rings is 3. The first-order chi connectivity index (χ1) is 14.1.